The summed E-state index contributed by atoms with van der Waals surface area (Å²) in [5.41, 5.74) is 2.17. The maximum absolute atomic E-state index is 6.19. The first kappa shape index (κ1) is 11.1. The molecule has 2 aromatic rings. The Bertz CT molecular complexity index is 439. The van der Waals surface area contributed by atoms with Crippen LogP contribution in [-0.4, -0.2) is 15.4 Å². The summed E-state index contributed by atoms with van der Waals surface area (Å²) in [6.07, 6.45) is 3.67. The summed E-state index contributed by atoms with van der Waals surface area (Å²) in [7, 11) is 0. The van der Waals surface area contributed by atoms with Gasteiger partial charge in [-0.3, -0.25) is 0 Å². The highest BCUT2D eigenvalue weighted by atomic mass is 35.5. The summed E-state index contributed by atoms with van der Waals surface area (Å²) in [5.74, 6) is 0.402. The molecule has 4 heteroatoms. The topological polar surface area (TPSA) is 41.6 Å². The molecular weight excluding hydrogens is 222 g/mol. The van der Waals surface area contributed by atoms with E-state index in [1.165, 1.54) is 5.56 Å². The van der Waals surface area contributed by atoms with Gasteiger partial charge in [0.2, 0.25) is 0 Å². The van der Waals surface area contributed by atoms with E-state index in [4.69, 9.17) is 11.6 Å². The molecule has 1 heterocycles. The number of nitrogens with zero attached hydrogens (tertiary/aromatic N) is 2. The predicted octanol–water partition coefficient (Wildman–Crippen LogP) is 3.19. The van der Waals surface area contributed by atoms with Gasteiger partial charge in [0.1, 0.15) is 0 Å². The van der Waals surface area contributed by atoms with Crippen molar-refractivity contribution in [3.05, 3.63) is 46.7 Å². The maximum atomic E-state index is 6.19. The van der Waals surface area contributed by atoms with Crippen molar-refractivity contribution < 1.29 is 0 Å². The summed E-state index contributed by atoms with van der Waals surface area (Å²) in [6.45, 7) is 2.16. The molecule has 0 bridgehead atoms. The molecule has 1 aromatic carbocycles. The number of halogens is 1. The van der Waals surface area contributed by atoms with Crippen LogP contribution in [0.2, 0.25) is 5.02 Å². The summed E-state index contributed by atoms with van der Waals surface area (Å²) in [6, 6.07) is 7.99. The summed E-state index contributed by atoms with van der Waals surface area (Å²) >= 11 is 6.19. The molecule has 0 saturated carbocycles. The highest BCUT2D eigenvalue weighted by Gasteiger charge is 2.14. The standard InChI is InChI=1S/C12H14ClN3/c1-2-9(7-10-8-14-16-15-10)11-5-3-4-6-12(11)13/h3-6,8-9H,2,7H2,1H3,(H,14,15,16). The Kier molecular flexibility index (Phi) is 3.57. The first-order chi connectivity index (χ1) is 7.81. The van der Waals surface area contributed by atoms with E-state index in [-0.39, 0.29) is 0 Å². The average Bonchev–Trinajstić information content (AvgIpc) is 2.80. The fraction of sp³-hybridized carbons (Fsp3) is 0.333. The van der Waals surface area contributed by atoms with Gasteiger partial charge in [-0.05, 0) is 24.0 Å². The zero-order chi connectivity index (χ0) is 11.4. The fourth-order valence-electron chi connectivity index (χ4n) is 1.86. The van der Waals surface area contributed by atoms with Crippen molar-refractivity contribution in [2.75, 3.05) is 0 Å². The van der Waals surface area contributed by atoms with Crippen LogP contribution in [0.3, 0.4) is 0 Å². The molecule has 3 nitrogen and oxygen atoms in total. The smallest absolute Gasteiger partial charge is 0.0830 e. The molecule has 1 atom stereocenters. The highest BCUT2D eigenvalue weighted by Crippen LogP contribution is 2.29. The van der Waals surface area contributed by atoms with Crippen LogP contribution in [0.25, 0.3) is 0 Å². The Hall–Kier alpha value is -1.35. The van der Waals surface area contributed by atoms with Gasteiger partial charge in [0.05, 0.1) is 11.9 Å². The molecule has 1 N–H and O–H groups in total. The third-order valence-electron chi connectivity index (χ3n) is 2.76. The average molecular weight is 236 g/mol. The van der Waals surface area contributed by atoms with Gasteiger partial charge in [-0.2, -0.15) is 15.4 Å². The molecule has 0 radical (unpaired) electrons. The molecule has 84 valence electrons. The zero-order valence-electron chi connectivity index (χ0n) is 9.15. The lowest BCUT2D eigenvalue weighted by Crippen LogP contribution is -2.03. The minimum absolute atomic E-state index is 0.402. The van der Waals surface area contributed by atoms with Crippen LogP contribution in [0.5, 0.6) is 0 Å². The fourth-order valence-corrected chi connectivity index (χ4v) is 2.15. The number of hydrogen-bond acceptors (Lipinski definition) is 2. The van der Waals surface area contributed by atoms with Crippen LogP contribution in [0.1, 0.15) is 30.5 Å². The predicted molar refractivity (Wildman–Crippen MR) is 64.6 cm³/mol. The van der Waals surface area contributed by atoms with Crippen molar-refractivity contribution >= 4 is 11.6 Å². The number of aromatic nitrogens is 3. The minimum atomic E-state index is 0.402. The lowest BCUT2D eigenvalue weighted by atomic mass is 9.92. The van der Waals surface area contributed by atoms with Crippen molar-refractivity contribution in [2.24, 2.45) is 0 Å². The number of benzene rings is 1. The van der Waals surface area contributed by atoms with Crippen molar-refractivity contribution in [1.29, 1.82) is 0 Å². The largest absolute Gasteiger partial charge is 0.198 e. The lowest BCUT2D eigenvalue weighted by molar-refractivity contribution is 0.648. The number of rotatable bonds is 4. The van der Waals surface area contributed by atoms with Crippen molar-refractivity contribution in [3.63, 3.8) is 0 Å². The molecule has 0 fully saturated rings. The van der Waals surface area contributed by atoms with Gasteiger partial charge in [0, 0.05) is 11.4 Å². The lowest BCUT2D eigenvalue weighted by Gasteiger charge is -2.15. The van der Waals surface area contributed by atoms with E-state index in [1.807, 2.05) is 18.2 Å². The molecule has 0 amide bonds. The number of H-pyrrole nitrogens is 1. The molecule has 1 aromatic heterocycles. The van der Waals surface area contributed by atoms with E-state index in [2.05, 4.69) is 28.4 Å². The second-order valence-electron chi connectivity index (χ2n) is 3.79. The van der Waals surface area contributed by atoms with Crippen LogP contribution < -0.4 is 0 Å². The van der Waals surface area contributed by atoms with Gasteiger partial charge < -0.3 is 0 Å². The van der Waals surface area contributed by atoms with Crippen LogP contribution in [-0.2, 0) is 6.42 Å². The third-order valence-corrected chi connectivity index (χ3v) is 3.10. The molecular formula is C12H14ClN3. The minimum Gasteiger partial charge on any atom is -0.198 e. The summed E-state index contributed by atoms with van der Waals surface area (Å²) < 4.78 is 0. The first-order valence-electron chi connectivity index (χ1n) is 5.40. The first-order valence-corrected chi connectivity index (χ1v) is 5.78. The van der Waals surface area contributed by atoms with E-state index in [9.17, 15) is 0 Å². The highest BCUT2D eigenvalue weighted by molar-refractivity contribution is 6.31. The Morgan fingerprint density at radius 1 is 1.38 bits per heavy atom. The van der Waals surface area contributed by atoms with Gasteiger partial charge in [-0.25, -0.2) is 0 Å². The Morgan fingerprint density at radius 2 is 2.19 bits per heavy atom. The van der Waals surface area contributed by atoms with Gasteiger partial charge in [0.15, 0.2) is 0 Å². The SMILES string of the molecule is CCC(Cc1cn[nH]n1)c1ccccc1Cl. The second-order valence-corrected chi connectivity index (χ2v) is 4.20. The van der Waals surface area contributed by atoms with Gasteiger partial charge in [0.25, 0.3) is 0 Å². The Balaban J connectivity index is 2.20. The Labute approximate surface area is 99.8 Å². The molecule has 2 rings (SSSR count). The number of hydrogen-bond donors (Lipinski definition) is 1. The van der Waals surface area contributed by atoms with E-state index in [0.29, 0.717) is 5.92 Å². The second kappa shape index (κ2) is 5.12. The zero-order valence-corrected chi connectivity index (χ0v) is 9.91. The monoisotopic (exact) mass is 235 g/mol. The number of aromatic amines is 1. The van der Waals surface area contributed by atoms with E-state index in [0.717, 1.165) is 23.6 Å². The molecule has 0 spiro atoms. The molecule has 1 unspecified atom stereocenters. The Morgan fingerprint density at radius 3 is 2.81 bits per heavy atom. The van der Waals surface area contributed by atoms with Crippen LogP contribution >= 0.6 is 11.6 Å². The molecule has 0 aliphatic heterocycles. The van der Waals surface area contributed by atoms with Crippen LogP contribution in [0.4, 0.5) is 0 Å². The summed E-state index contributed by atoms with van der Waals surface area (Å²) in [5, 5.41) is 11.4. The van der Waals surface area contributed by atoms with Crippen molar-refractivity contribution in [1.82, 2.24) is 15.4 Å². The van der Waals surface area contributed by atoms with E-state index < -0.39 is 0 Å². The number of nitrogens with one attached hydrogen (secondary N) is 1. The third kappa shape index (κ3) is 2.42. The van der Waals surface area contributed by atoms with E-state index >= 15 is 0 Å². The summed E-state index contributed by atoms with van der Waals surface area (Å²) in [4.78, 5) is 0. The van der Waals surface area contributed by atoms with Gasteiger partial charge in [-0.15, -0.1) is 0 Å². The normalized spacial score (nSPS) is 12.6. The maximum Gasteiger partial charge on any atom is 0.0830 e. The van der Waals surface area contributed by atoms with Crippen molar-refractivity contribution in [3.8, 4) is 0 Å². The molecule has 0 saturated heterocycles. The molecule has 0 aliphatic rings. The van der Waals surface area contributed by atoms with Crippen LogP contribution in [0.15, 0.2) is 30.5 Å². The van der Waals surface area contributed by atoms with Gasteiger partial charge >= 0.3 is 0 Å². The van der Waals surface area contributed by atoms with E-state index in [1.54, 1.807) is 6.20 Å². The quantitative estimate of drug-likeness (QED) is 0.884. The van der Waals surface area contributed by atoms with Crippen LogP contribution in [0, 0.1) is 0 Å². The van der Waals surface area contributed by atoms with Gasteiger partial charge in [-0.1, -0.05) is 36.7 Å². The van der Waals surface area contributed by atoms with Crippen molar-refractivity contribution in [2.45, 2.75) is 25.7 Å². The molecule has 16 heavy (non-hydrogen) atoms. The molecule has 0 aliphatic carbocycles.